The van der Waals surface area contributed by atoms with Gasteiger partial charge < -0.3 is 19.5 Å². The van der Waals surface area contributed by atoms with E-state index in [0.717, 1.165) is 25.7 Å². The van der Waals surface area contributed by atoms with Gasteiger partial charge in [-0.3, -0.25) is 4.79 Å². The largest absolute Gasteiger partial charge is 0.479 e. The van der Waals surface area contributed by atoms with E-state index in [1.807, 2.05) is 0 Å². The lowest BCUT2D eigenvalue weighted by Crippen LogP contribution is -2.49. The van der Waals surface area contributed by atoms with Crippen LogP contribution in [0.4, 0.5) is 0 Å². The van der Waals surface area contributed by atoms with Crippen LogP contribution in [-0.2, 0) is 19.1 Å². The molecule has 1 atom stereocenters. The fourth-order valence-corrected chi connectivity index (χ4v) is 2.54. The molecule has 0 aromatic carbocycles. The van der Waals surface area contributed by atoms with Crippen LogP contribution in [0.5, 0.6) is 0 Å². The van der Waals surface area contributed by atoms with Crippen molar-refractivity contribution in [3.63, 3.8) is 0 Å². The number of amides is 1. The molecule has 0 aromatic rings. The standard InChI is InChI=1S/C13H21NO5/c15-12(9-19-10-4-2-1-3-5-10)14-6-7-18-11(8-14)13(16)17/h10-11H,1-9H2,(H,16,17)/t11-/m1/s1. The summed E-state index contributed by atoms with van der Waals surface area (Å²) in [5, 5.41) is 8.88. The smallest absolute Gasteiger partial charge is 0.334 e. The Hall–Kier alpha value is -1.14. The molecule has 2 aliphatic rings. The molecule has 0 unspecified atom stereocenters. The molecule has 1 heterocycles. The van der Waals surface area contributed by atoms with Gasteiger partial charge in [0.2, 0.25) is 5.91 Å². The molecule has 2 rings (SSSR count). The highest BCUT2D eigenvalue weighted by Gasteiger charge is 2.29. The van der Waals surface area contributed by atoms with Crippen molar-refractivity contribution in [1.82, 2.24) is 4.90 Å². The summed E-state index contributed by atoms with van der Waals surface area (Å²) in [7, 11) is 0. The Kier molecular flexibility index (Phi) is 5.15. The van der Waals surface area contributed by atoms with Gasteiger partial charge in [-0.25, -0.2) is 4.79 Å². The van der Waals surface area contributed by atoms with E-state index in [2.05, 4.69) is 0 Å². The van der Waals surface area contributed by atoms with Gasteiger partial charge in [-0.05, 0) is 12.8 Å². The van der Waals surface area contributed by atoms with Crippen molar-refractivity contribution in [3.8, 4) is 0 Å². The Morgan fingerprint density at radius 2 is 2.00 bits per heavy atom. The number of carboxylic acids is 1. The van der Waals surface area contributed by atoms with Crippen molar-refractivity contribution in [3.05, 3.63) is 0 Å². The van der Waals surface area contributed by atoms with Gasteiger partial charge in [0, 0.05) is 6.54 Å². The molecule has 1 amide bonds. The maximum Gasteiger partial charge on any atom is 0.334 e. The van der Waals surface area contributed by atoms with Crippen molar-refractivity contribution in [1.29, 1.82) is 0 Å². The van der Waals surface area contributed by atoms with Crippen molar-refractivity contribution in [2.75, 3.05) is 26.3 Å². The van der Waals surface area contributed by atoms with Crippen LogP contribution in [0.3, 0.4) is 0 Å². The summed E-state index contributed by atoms with van der Waals surface area (Å²) in [5.74, 6) is -1.16. The van der Waals surface area contributed by atoms with Crippen molar-refractivity contribution in [2.45, 2.75) is 44.3 Å². The quantitative estimate of drug-likeness (QED) is 0.812. The number of nitrogens with zero attached hydrogens (tertiary/aromatic N) is 1. The molecule has 1 aliphatic heterocycles. The summed E-state index contributed by atoms with van der Waals surface area (Å²) in [6.07, 6.45) is 4.90. The Morgan fingerprint density at radius 1 is 1.26 bits per heavy atom. The highest BCUT2D eigenvalue weighted by atomic mass is 16.5. The monoisotopic (exact) mass is 271 g/mol. The molecule has 1 saturated heterocycles. The third kappa shape index (κ3) is 4.18. The van der Waals surface area contributed by atoms with E-state index < -0.39 is 12.1 Å². The number of ether oxygens (including phenoxy) is 2. The molecule has 0 aromatic heterocycles. The zero-order valence-electron chi connectivity index (χ0n) is 11.0. The van der Waals surface area contributed by atoms with Crippen LogP contribution in [0.15, 0.2) is 0 Å². The topological polar surface area (TPSA) is 76.1 Å². The molecule has 1 aliphatic carbocycles. The summed E-state index contributed by atoms with van der Waals surface area (Å²) < 4.78 is 10.7. The van der Waals surface area contributed by atoms with Gasteiger partial charge in [0.15, 0.2) is 6.10 Å². The summed E-state index contributed by atoms with van der Waals surface area (Å²) in [6, 6.07) is 0. The van der Waals surface area contributed by atoms with Crippen LogP contribution in [0.2, 0.25) is 0 Å². The highest BCUT2D eigenvalue weighted by Crippen LogP contribution is 2.20. The zero-order valence-corrected chi connectivity index (χ0v) is 11.0. The van der Waals surface area contributed by atoms with E-state index in [4.69, 9.17) is 14.6 Å². The number of carbonyl (C=O) groups excluding carboxylic acids is 1. The second-order valence-electron chi connectivity index (χ2n) is 5.11. The number of carboxylic acid groups (broad SMARTS) is 1. The number of hydrogen-bond donors (Lipinski definition) is 1. The minimum atomic E-state index is -1.02. The predicted octanol–water partition coefficient (Wildman–Crippen LogP) is 0.648. The fraction of sp³-hybridized carbons (Fsp3) is 0.846. The Bertz CT molecular complexity index is 327. The Morgan fingerprint density at radius 3 is 2.68 bits per heavy atom. The third-order valence-corrected chi connectivity index (χ3v) is 3.69. The molecule has 1 N–H and O–H groups in total. The van der Waals surface area contributed by atoms with Crippen molar-refractivity contribution < 1.29 is 24.2 Å². The van der Waals surface area contributed by atoms with Crippen LogP contribution in [0.1, 0.15) is 32.1 Å². The maximum absolute atomic E-state index is 12.0. The first kappa shape index (κ1) is 14.3. The van der Waals surface area contributed by atoms with Gasteiger partial charge >= 0.3 is 5.97 Å². The Labute approximate surface area is 112 Å². The second-order valence-corrected chi connectivity index (χ2v) is 5.11. The average Bonchev–Trinajstić information content (AvgIpc) is 2.46. The van der Waals surface area contributed by atoms with Crippen LogP contribution in [0.25, 0.3) is 0 Å². The van der Waals surface area contributed by atoms with Crippen LogP contribution in [0, 0.1) is 0 Å². The molecule has 0 radical (unpaired) electrons. The van der Waals surface area contributed by atoms with E-state index in [0.29, 0.717) is 6.54 Å². The van der Waals surface area contributed by atoms with E-state index in [1.165, 1.54) is 11.3 Å². The van der Waals surface area contributed by atoms with Gasteiger partial charge in [-0.2, -0.15) is 0 Å². The molecular formula is C13H21NO5. The van der Waals surface area contributed by atoms with E-state index in [1.54, 1.807) is 0 Å². The van der Waals surface area contributed by atoms with Crippen molar-refractivity contribution >= 4 is 11.9 Å². The van der Waals surface area contributed by atoms with E-state index in [9.17, 15) is 9.59 Å². The van der Waals surface area contributed by atoms with Crippen LogP contribution in [-0.4, -0.2) is 60.4 Å². The summed E-state index contributed by atoms with van der Waals surface area (Å²) in [5.41, 5.74) is 0. The number of hydrogen-bond acceptors (Lipinski definition) is 4. The summed E-state index contributed by atoms with van der Waals surface area (Å²) in [6.45, 7) is 0.877. The number of morpholine rings is 1. The lowest BCUT2D eigenvalue weighted by Gasteiger charge is -2.31. The molecule has 108 valence electrons. The molecule has 0 spiro atoms. The summed E-state index contributed by atoms with van der Waals surface area (Å²) in [4.78, 5) is 24.3. The van der Waals surface area contributed by atoms with E-state index in [-0.39, 0.29) is 31.8 Å². The molecule has 0 bridgehead atoms. The normalized spacial score (nSPS) is 25.3. The van der Waals surface area contributed by atoms with E-state index >= 15 is 0 Å². The minimum Gasteiger partial charge on any atom is -0.479 e. The molecule has 1 saturated carbocycles. The van der Waals surface area contributed by atoms with Crippen LogP contribution >= 0.6 is 0 Å². The summed E-state index contributed by atoms with van der Waals surface area (Å²) >= 11 is 0. The number of aliphatic carboxylic acids is 1. The molecule has 6 heteroatoms. The lowest BCUT2D eigenvalue weighted by atomic mass is 9.98. The minimum absolute atomic E-state index is 0.0526. The van der Waals surface area contributed by atoms with Gasteiger partial charge in [0.05, 0.1) is 19.3 Å². The maximum atomic E-state index is 12.0. The molecule has 19 heavy (non-hydrogen) atoms. The Balaban J connectivity index is 1.74. The SMILES string of the molecule is O=C(O)[C@H]1CN(C(=O)COC2CCCCC2)CCO1. The second kappa shape index (κ2) is 6.86. The molecule has 2 fully saturated rings. The van der Waals surface area contributed by atoms with Crippen molar-refractivity contribution in [2.24, 2.45) is 0 Å². The third-order valence-electron chi connectivity index (χ3n) is 3.69. The number of rotatable bonds is 4. The van der Waals surface area contributed by atoms with Gasteiger partial charge in [-0.15, -0.1) is 0 Å². The zero-order chi connectivity index (χ0) is 13.7. The van der Waals surface area contributed by atoms with Crippen LogP contribution < -0.4 is 0 Å². The first-order chi connectivity index (χ1) is 9.16. The lowest BCUT2D eigenvalue weighted by molar-refractivity contribution is -0.161. The molecular weight excluding hydrogens is 250 g/mol. The molecule has 6 nitrogen and oxygen atoms in total. The number of carbonyl (C=O) groups is 2. The van der Waals surface area contributed by atoms with Gasteiger partial charge in [0.25, 0.3) is 0 Å². The predicted molar refractivity (Wildman–Crippen MR) is 66.8 cm³/mol. The highest BCUT2D eigenvalue weighted by molar-refractivity contribution is 5.79. The fourth-order valence-electron chi connectivity index (χ4n) is 2.54. The first-order valence-electron chi connectivity index (χ1n) is 6.90. The average molecular weight is 271 g/mol. The van der Waals surface area contributed by atoms with Gasteiger partial charge in [0.1, 0.15) is 6.61 Å². The van der Waals surface area contributed by atoms with Gasteiger partial charge in [-0.1, -0.05) is 19.3 Å². The first-order valence-corrected chi connectivity index (χ1v) is 6.90.